The van der Waals surface area contributed by atoms with Crippen LogP contribution in [-0.2, 0) is 17.6 Å². The second-order valence-corrected chi connectivity index (χ2v) is 4.63. The minimum Gasteiger partial charge on any atom is -0.361 e. The molecule has 0 saturated heterocycles. The zero-order chi connectivity index (χ0) is 15.2. The maximum absolute atomic E-state index is 11.7. The highest BCUT2D eigenvalue weighted by Gasteiger charge is 2.07. The molecule has 1 aromatic carbocycles. The number of aryl methyl sites for hydroxylation is 1. The molecular weight excluding hydrogens is 274 g/mol. The van der Waals surface area contributed by atoms with Gasteiger partial charge in [0.1, 0.15) is 5.76 Å². The SMILES string of the molecule is Cc1cc(CC(=O)NCCc2ccc([N+](=O)[O-])cc2)no1. The van der Waals surface area contributed by atoms with Crippen LogP contribution in [0.2, 0.25) is 0 Å². The van der Waals surface area contributed by atoms with Crippen molar-refractivity contribution in [2.45, 2.75) is 19.8 Å². The number of hydrogen-bond acceptors (Lipinski definition) is 5. The van der Waals surface area contributed by atoms with E-state index in [0.29, 0.717) is 24.4 Å². The van der Waals surface area contributed by atoms with Crippen LogP contribution in [0.3, 0.4) is 0 Å². The van der Waals surface area contributed by atoms with Crippen molar-refractivity contribution in [2.24, 2.45) is 0 Å². The van der Waals surface area contributed by atoms with Crippen molar-refractivity contribution in [3.63, 3.8) is 0 Å². The second-order valence-electron chi connectivity index (χ2n) is 4.63. The van der Waals surface area contributed by atoms with Crippen molar-refractivity contribution in [1.82, 2.24) is 10.5 Å². The topological polar surface area (TPSA) is 98.3 Å². The van der Waals surface area contributed by atoms with Crippen LogP contribution in [0.15, 0.2) is 34.9 Å². The maximum Gasteiger partial charge on any atom is 0.269 e. The van der Waals surface area contributed by atoms with Gasteiger partial charge in [0, 0.05) is 24.7 Å². The minimum atomic E-state index is -0.439. The molecule has 7 heteroatoms. The van der Waals surface area contributed by atoms with Crippen molar-refractivity contribution in [3.05, 3.63) is 57.5 Å². The molecule has 0 bridgehead atoms. The molecule has 0 atom stereocenters. The summed E-state index contributed by atoms with van der Waals surface area (Å²) >= 11 is 0. The van der Waals surface area contributed by atoms with E-state index in [1.54, 1.807) is 25.1 Å². The molecule has 21 heavy (non-hydrogen) atoms. The molecule has 1 N–H and O–H groups in total. The van der Waals surface area contributed by atoms with Gasteiger partial charge in [-0.3, -0.25) is 14.9 Å². The Kier molecular flexibility index (Phi) is 4.65. The fraction of sp³-hybridized carbons (Fsp3) is 0.286. The quantitative estimate of drug-likeness (QED) is 0.645. The highest BCUT2D eigenvalue weighted by Crippen LogP contribution is 2.11. The van der Waals surface area contributed by atoms with Gasteiger partial charge in [0.25, 0.3) is 5.69 Å². The summed E-state index contributed by atoms with van der Waals surface area (Å²) in [5, 5.41) is 17.0. The van der Waals surface area contributed by atoms with E-state index in [-0.39, 0.29) is 18.0 Å². The number of nitrogens with one attached hydrogen (secondary N) is 1. The van der Waals surface area contributed by atoms with Gasteiger partial charge in [0.15, 0.2) is 0 Å². The Morgan fingerprint density at radius 2 is 2.10 bits per heavy atom. The van der Waals surface area contributed by atoms with Crippen molar-refractivity contribution in [2.75, 3.05) is 6.54 Å². The monoisotopic (exact) mass is 289 g/mol. The van der Waals surface area contributed by atoms with Crippen LogP contribution < -0.4 is 5.32 Å². The Morgan fingerprint density at radius 1 is 1.38 bits per heavy atom. The molecule has 110 valence electrons. The average molecular weight is 289 g/mol. The largest absolute Gasteiger partial charge is 0.361 e. The third-order valence-corrected chi connectivity index (χ3v) is 2.90. The van der Waals surface area contributed by atoms with Crippen LogP contribution in [-0.4, -0.2) is 22.5 Å². The summed E-state index contributed by atoms with van der Waals surface area (Å²) in [4.78, 5) is 21.8. The zero-order valence-electron chi connectivity index (χ0n) is 11.5. The molecule has 2 aromatic rings. The summed E-state index contributed by atoms with van der Waals surface area (Å²) < 4.78 is 4.88. The third kappa shape index (κ3) is 4.41. The molecule has 0 aliphatic rings. The number of rotatable bonds is 6. The molecule has 7 nitrogen and oxygen atoms in total. The average Bonchev–Trinajstić information content (AvgIpc) is 2.84. The van der Waals surface area contributed by atoms with Crippen LogP contribution in [0, 0.1) is 17.0 Å². The molecule has 0 unspecified atom stereocenters. The van der Waals surface area contributed by atoms with E-state index in [0.717, 1.165) is 5.56 Å². The Hall–Kier alpha value is -2.70. The summed E-state index contributed by atoms with van der Waals surface area (Å²) in [6, 6.07) is 8.00. The molecule has 0 saturated carbocycles. The summed E-state index contributed by atoms with van der Waals surface area (Å²) in [7, 11) is 0. The lowest BCUT2D eigenvalue weighted by Crippen LogP contribution is -2.27. The fourth-order valence-corrected chi connectivity index (χ4v) is 1.86. The maximum atomic E-state index is 11.7. The molecule has 0 spiro atoms. The number of carbonyl (C=O) groups is 1. The van der Waals surface area contributed by atoms with Gasteiger partial charge >= 0.3 is 0 Å². The first-order valence-electron chi connectivity index (χ1n) is 6.47. The smallest absolute Gasteiger partial charge is 0.269 e. The molecule has 1 aromatic heterocycles. The van der Waals surface area contributed by atoms with Crippen molar-refractivity contribution in [3.8, 4) is 0 Å². The van der Waals surface area contributed by atoms with Gasteiger partial charge in [0.2, 0.25) is 5.91 Å². The van der Waals surface area contributed by atoms with Gasteiger partial charge in [-0.1, -0.05) is 17.3 Å². The molecule has 1 heterocycles. The van der Waals surface area contributed by atoms with E-state index in [4.69, 9.17) is 4.52 Å². The molecule has 0 aliphatic heterocycles. The highest BCUT2D eigenvalue weighted by atomic mass is 16.6. The van der Waals surface area contributed by atoms with Crippen molar-refractivity contribution >= 4 is 11.6 Å². The summed E-state index contributed by atoms with van der Waals surface area (Å²) in [6.45, 7) is 2.23. The number of nitro benzene ring substituents is 1. The van der Waals surface area contributed by atoms with Crippen molar-refractivity contribution < 1.29 is 14.2 Å². The second kappa shape index (κ2) is 6.65. The van der Waals surface area contributed by atoms with Gasteiger partial charge in [0.05, 0.1) is 17.0 Å². The predicted octanol–water partition coefficient (Wildman–Crippen LogP) is 1.79. The van der Waals surface area contributed by atoms with Gasteiger partial charge < -0.3 is 9.84 Å². The number of aromatic nitrogens is 1. The number of nitrogens with zero attached hydrogens (tertiary/aromatic N) is 2. The molecular formula is C14H15N3O4. The minimum absolute atomic E-state index is 0.0594. The van der Waals surface area contributed by atoms with Crippen LogP contribution in [0.4, 0.5) is 5.69 Å². The van der Waals surface area contributed by atoms with Crippen LogP contribution >= 0.6 is 0 Å². The van der Waals surface area contributed by atoms with Gasteiger partial charge in [-0.25, -0.2) is 0 Å². The van der Waals surface area contributed by atoms with E-state index in [1.165, 1.54) is 12.1 Å². The van der Waals surface area contributed by atoms with Gasteiger partial charge in [-0.2, -0.15) is 0 Å². The molecule has 2 rings (SSSR count). The molecule has 1 amide bonds. The summed E-state index contributed by atoms with van der Waals surface area (Å²) in [5.74, 6) is 0.536. The lowest BCUT2D eigenvalue weighted by Gasteiger charge is -2.04. The van der Waals surface area contributed by atoms with Crippen LogP contribution in [0.1, 0.15) is 17.0 Å². The van der Waals surface area contributed by atoms with E-state index in [2.05, 4.69) is 10.5 Å². The Bertz CT molecular complexity index is 634. The summed E-state index contributed by atoms with van der Waals surface area (Å²) in [5.41, 5.74) is 1.59. The van der Waals surface area contributed by atoms with Gasteiger partial charge in [-0.15, -0.1) is 0 Å². The number of non-ortho nitro benzene ring substituents is 1. The van der Waals surface area contributed by atoms with E-state index < -0.39 is 4.92 Å². The number of carbonyl (C=O) groups excluding carboxylic acids is 1. The van der Waals surface area contributed by atoms with E-state index >= 15 is 0 Å². The van der Waals surface area contributed by atoms with Crippen LogP contribution in [0.5, 0.6) is 0 Å². The number of nitro groups is 1. The van der Waals surface area contributed by atoms with Crippen molar-refractivity contribution in [1.29, 1.82) is 0 Å². The Balaban J connectivity index is 1.76. The number of hydrogen-bond donors (Lipinski definition) is 1. The zero-order valence-corrected chi connectivity index (χ0v) is 11.5. The van der Waals surface area contributed by atoms with E-state index in [1.807, 2.05) is 0 Å². The predicted molar refractivity (Wildman–Crippen MR) is 74.8 cm³/mol. The first kappa shape index (κ1) is 14.7. The molecule has 0 fully saturated rings. The first-order valence-corrected chi connectivity index (χ1v) is 6.47. The third-order valence-electron chi connectivity index (χ3n) is 2.90. The van der Waals surface area contributed by atoms with E-state index in [9.17, 15) is 14.9 Å². The molecule has 0 aliphatic carbocycles. The Morgan fingerprint density at radius 3 is 2.67 bits per heavy atom. The Labute approximate surface area is 121 Å². The van der Waals surface area contributed by atoms with Crippen LogP contribution in [0.25, 0.3) is 0 Å². The highest BCUT2D eigenvalue weighted by molar-refractivity contribution is 5.78. The number of benzene rings is 1. The first-order chi connectivity index (χ1) is 10.0. The molecule has 0 radical (unpaired) electrons. The normalized spacial score (nSPS) is 10.3. The fourth-order valence-electron chi connectivity index (χ4n) is 1.86. The number of amides is 1. The lowest BCUT2D eigenvalue weighted by molar-refractivity contribution is -0.384. The van der Waals surface area contributed by atoms with Gasteiger partial charge in [-0.05, 0) is 18.9 Å². The summed E-state index contributed by atoms with van der Waals surface area (Å²) in [6.07, 6.45) is 0.791. The lowest BCUT2D eigenvalue weighted by atomic mass is 10.1. The standard InChI is InChI=1S/C14H15N3O4/c1-10-8-12(16-21-10)9-14(18)15-7-6-11-2-4-13(5-3-11)17(19)20/h2-5,8H,6-7,9H2,1H3,(H,15,18).